The van der Waals surface area contributed by atoms with E-state index in [4.69, 9.17) is 17.2 Å². The SMILES string of the molecule is CC(CC(C(=O)NCCCCCNC(=O)CN)C(C)(C)C)C(C)C(C(N)=O)C(C)(C)N. The Labute approximate surface area is 188 Å². The molecule has 4 unspecified atom stereocenters. The minimum Gasteiger partial charge on any atom is -0.369 e. The normalized spacial score (nSPS) is 16.2. The average molecular weight is 442 g/mol. The van der Waals surface area contributed by atoms with Crippen molar-refractivity contribution in [2.45, 2.75) is 79.7 Å². The van der Waals surface area contributed by atoms with Crippen molar-refractivity contribution in [2.75, 3.05) is 19.6 Å². The summed E-state index contributed by atoms with van der Waals surface area (Å²) >= 11 is 0. The number of rotatable bonds is 14. The first-order chi connectivity index (χ1) is 14.1. The summed E-state index contributed by atoms with van der Waals surface area (Å²) in [5, 5.41) is 5.80. The monoisotopic (exact) mass is 441 g/mol. The quantitative estimate of drug-likeness (QED) is 0.259. The summed E-state index contributed by atoms with van der Waals surface area (Å²) in [5.41, 5.74) is 16.2. The average Bonchev–Trinajstić information content (AvgIpc) is 2.61. The zero-order valence-electron chi connectivity index (χ0n) is 20.7. The van der Waals surface area contributed by atoms with Crippen LogP contribution in [0.1, 0.15) is 74.1 Å². The summed E-state index contributed by atoms with van der Waals surface area (Å²) < 4.78 is 0. The van der Waals surface area contributed by atoms with Crippen molar-refractivity contribution >= 4 is 17.7 Å². The summed E-state index contributed by atoms with van der Waals surface area (Å²) in [5.74, 6) is -1.12. The van der Waals surface area contributed by atoms with E-state index in [-0.39, 0.29) is 41.5 Å². The van der Waals surface area contributed by atoms with E-state index in [1.165, 1.54) is 0 Å². The van der Waals surface area contributed by atoms with Crippen molar-refractivity contribution in [3.05, 3.63) is 0 Å². The summed E-state index contributed by atoms with van der Waals surface area (Å²) in [4.78, 5) is 36.1. The Morgan fingerprint density at radius 1 is 0.903 bits per heavy atom. The Balaban J connectivity index is 4.81. The molecule has 31 heavy (non-hydrogen) atoms. The Morgan fingerprint density at radius 2 is 1.42 bits per heavy atom. The maximum atomic E-state index is 13.0. The molecule has 0 saturated carbocycles. The highest BCUT2D eigenvalue weighted by Crippen LogP contribution is 2.37. The maximum absolute atomic E-state index is 13.0. The first-order valence-corrected chi connectivity index (χ1v) is 11.5. The maximum Gasteiger partial charge on any atom is 0.233 e. The predicted octanol–water partition coefficient (Wildman–Crippen LogP) is 1.51. The number of primary amides is 1. The third kappa shape index (κ3) is 11.0. The fourth-order valence-corrected chi connectivity index (χ4v) is 4.13. The molecule has 0 aromatic rings. The van der Waals surface area contributed by atoms with Crippen LogP contribution >= 0.6 is 0 Å². The van der Waals surface area contributed by atoms with Crippen molar-refractivity contribution in [2.24, 2.45) is 46.3 Å². The van der Waals surface area contributed by atoms with Crippen molar-refractivity contribution in [1.82, 2.24) is 10.6 Å². The highest BCUT2D eigenvalue weighted by atomic mass is 16.2. The molecular weight excluding hydrogens is 394 g/mol. The van der Waals surface area contributed by atoms with Crippen LogP contribution < -0.4 is 27.8 Å². The van der Waals surface area contributed by atoms with E-state index in [0.717, 1.165) is 19.3 Å². The molecule has 8 heteroatoms. The van der Waals surface area contributed by atoms with Crippen LogP contribution in [0.25, 0.3) is 0 Å². The van der Waals surface area contributed by atoms with Gasteiger partial charge in [-0.15, -0.1) is 0 Å². The fourth-order valence-electron chi connectivity index (χ4n) is 4.13. The molecule has 0 rings (SSSR count). The van der Waals surface area contributed by atoms with Gasteiger partial charge in [0.15, 0.2) is 0 Å². The zero-order chi connectivity index (χ0) is 24.4. The molecule has 0 radical (unpaired) electrons. The third-order valence-electron chi connectivity index (χ3n) is 6.16. The van der Waals surface area contributed by atoms with E-state index in [1.807, 2.05) is 20.8 Å². The van der Waals surface area contributed by atoms with Gasteiger partial charge in [0.1, 0.15) is 0 Å². The van der Waals surface area contributed by atoms with Crippen LogP contribution in [0.4, 0.5) is 0 Å². The van der Waals surface area contributed by atoms with Crippen molar-refractivity contribution in [3.8, 4) is 0 Å². The van der Waals surface area contributed by atoms with Gasteiger partial charge in [0.2, 0.25) is 17.7 Å². The second kappa shape index (κ2) is 13.0. The number of nitrogens with two attached hydrogens (primary N) is 3. The molecule has 0 heterocycles. The molecule has 8 nitrogen and oxygen atoms in total. The van der Waals surface area contributed by atoms with Crippen LogP contribution in [0.5, 0.6) is 0 Å². The summed E-state index contributed by atoms with van der Waals surface area (Å²) in [6.45, 7) is 15.1. The van der Waals surface area contributed by atoms with Gasteiger partial charge in [0, 0.05) is 24.5 Å². The number of amides is 3. The Bertz CT molecular complexity index is 581. The first-order valence-electron chi connectivity index (χ1n) is 11.5. The Kier molecular flexibility index (Phi) is 12.3. The number of hydrogen-bond donors (Lipinski definition) is 5. The smallest absolute Gasteiger partial charge is 0.233 e. The predicted molar refractivity (Wildman–Crippen MR) is 126 cm³/mol. The second-order valence-corrected chi connectivity index (χ2v) is 10.6. The number of carbonyl (C=O) groups excluding carboxylic acids is 3. The van der Waals surface area contributed by atoms with Gasteiger partial charge >= 0.3 is 0 Å². The molecule has 0 aromatic heterocycles. The molecular formula is C23H47N5O3. The lowest BCUT2D eigenvalue weighted by molar-refractivity contribution is -0.129. The molecule has 0 spiro atoms. The lowest BCUT2D eigenvalue weighted by Crippen LogP contribution is -2.52. The van der Waals surface area contributed by atoms with Gasteiger partial charge in [-0.3, -0.25) is 14.4 Å². The van der Waals surface area contributed by atoms with E-state index in [0.29, 0.717) is 19.5 Å². The van der Waals surface area contributed by atoms with E-state index in [9.17, 15) is 14.4 Å². The van der Waals surface area contributed by atoms with Gasteiger partial charge in [-0.2, -0.15) is 0 Å². The fraction of sp³-hybridized carbons (Fsp3) is 0.870. The third-order valence-corrected chi connectivity index (χ3v) is 6.16. The first kappa shape index (κ1) is 29.3. The lowest BCUT2D eigenvalue weighted by Gasteiger charge is -2.38. The van der Waals surface area contributed by atoms with Crippen LogP contribution in [-0.2, 0) is 14.4 Å². The van der Waals surface area contributed by atoms with Gasteiger partial charge in [-0.05, 0) is 56.8 Å². The summed E-state index contributed by atoms with van der Waals surface area (Å²) in [7, 11) is 0. The Hall–Kier alpha value is -1.67. The number of unbranched alkanes of at least 4 members (excludes halogenated alkanes) is 2. The standard InChI is InChI=1S/C23H47N5O3/c1-15(16(2)19(20(25)30)23(6,7)26)13-17(22(3,4)5)21(31)28-12-10-8-9-11-27-18(29)14-24/h15-17,19H,8-14,24,26H2,1-7H3,(H2,25,30)(H,27,29)(H,28,31). The van der Waals surface area contributed by atoms with E-state index in [2.05, 4.69) is 38.3 Å². The number of hydrogen-bond acceptors (Lipinski definition) is 5. The molecule has 0 saturated heterocycles. The van der Waals surface area contributed by atoms with Crippen LogP contribution in [-0.4, -0.2) is 42.9 Å². The molecule has 0 bridgehead atoms. The van der Waals surface area contributed by atoms with Gasteiger partial charge in [-0.25, -0.2) is 0 Å². The van der Waals surface area contributed by atoms with Gasteiger partial charge in [-0.1, -0.05) is 34.6 Å². The Morgan fingerprint density at radius 3 is 1.84 bits per heavy atom. The summed E-state index contributed by atoms with van der Waals surface area (Å²) in [6.07, 6.45) is 3.26. The largest absolute Gasteiger partial charge is 0.369 e. The van der Waals surface area contributed by atoms with E-state index in [1.54, 1.807) is 0 Å². The number of nitrogens with one attached hydrogen (secondary N) is 2. The molecule has 0 aliphatic carbocycles. The van der Waals surface area contributed by atoms with Gasteiger partial charge < -0.3 is 27.8 Å². The minimum atomic E-state index is -0.720. The van der Waals surface area contributed by atoms with Crippen molar-refractivity contribution < 1.29 is 14.4 Å². The molecule has 0 aromatic carbocycles. The molecule has 0 aliphatic rings. The van der Waals surface area contributed by atoms with Crippen molar-refractivity contribution in [1.29, 1.82) is 0 Å². The minimum absolute atomic E-state index is 0.00422. The highest BCUT2D eigenvalue weighted by molar-refractivity contribution is 5.80. The topological polar surface area (TPSA) is 153 Å². The molecule has 0 fully saturated rings. The van der Waals surface area contributed by atoms with Crippen LogP contribution in [0, 0.1) is 29.1 Å². The van der Waals surface area contributed by atoms with Gasteiger partial charge in [0.25, 0.3) is 0 Å². The van der Waals surface area contributed by atoms with E-state index < -0.39 is 17.4 Å². The van der Waals surface area contributed by atoms with Crippen LogP contribution in [0.2, 0.25) is 0 Å². The zero-order valence-corrected chi connectivity index (χ0v) is 20.7. The summed E-state index contributed by atoms with van der Waals surface area (Å²) in [6, 6.07) is 0. The lowest BCUT2D eigenvalue weighted by atomic mass is 9.68. The van der Waals surface area contributed by atoms with E-state index >= 15 is 0 Å². The molecule has 3 amide bonds. The van der Waals surface area contributed by atoms with Crippen LogP contribution in [0.15, 0.2) is 0 Å². The highest BCUT2D eigenvalue weighted by Gasteiger charge is 2.40. The molecule has 0 aliphatic heterocycles. The number of carbonyl (C=O) groups is 3. The molecule has 4 atom stereocenters. The van der Waals surface area contributed by atoms with Crippen LogP contribution in [0.3, 0.4) is 0 Å². The molecule has 182 valence electrons. The van der Waals surface area contributed by atoms with Gasteiger partial charge in [0.05, 0.1) is 12.5 Å². The second-order valence-electron chi connectivity index (χ2n) is 10.6. The van der Waals surface area contributed by atoms with Crippen molar-refractivity contribution in [3.63, 3.8) is 0 Å². The molecule has 8 N–H and O–H groups in total.